The molecule has 0 saturated carbocycles. The molecule has 8 heteroatoms. The van der Waals surface area contributed by atoms with Gasteiger partial charge < -0.3 is 19.5 Å². The van der Waals surface area contributed by atoms with E-state index in [4.69, 9.17) is 14.2 Å². The molecule has 0 aliphatic rings. The van der Waals surface area contributed by atoms with Gasteiger partial charge in [-0.15, -0.1) is 0 Å². The first kappa shape index (κ1) is 23.9. The van der Waals surface area contributed by atoms with Crippen LogP contribution >= 0.6 is 0 Å². The van der Waals surface area contributed by atoms with Crippen LogP contribution in [0.3, 0.4) is 0 Å². The summed E-state index contributed by atoms with van der Waals surface area (Å²) in [6.45, 7) is 5.16. The molecule has 2 aromatic rings. The minimum Gasteiger partial charge on any atom is -0.493 e. The van der Waals surface area contributed by atoms with Crippen LogP contribution < -0.4 is 20.2 Å². The number of carbonyl (C=O) groups is 2. The zero-order valence-electron chi connectivity index (χ0n) is 18.1. The predicted octanol–water partition coefficient (Wildman–Crippen LogP) is 2.66. The Morgan fingerprint density at radius 2 is 1.84 bits per heavy atom. The number of nitrogens with zero attached hydrogens (tertiary/aromatic N) is 1. The second-order valence-electron chi connectivity index (χ2n) is 6.91. The van der Waals surface area contributed by atoms with Gasteiger partial charge in [-0.1, -0.05) is 30.3 Å². The monoisotopic (exact) mass is 427 g/mol. The van der Waals surface area contributed by atoms with Crippen LogP contribution in [0.15, 0.2) is 53.6 Å². The van der Waals surface area contributed by atoms with Crippen molar-refractivity contribution in [2.75, 3.05) is 20.3 Å². The number of carbonyl (C=O) groups excluding carboxylic acids is 2. The van der Waals surface area contributed by atoms with E-state index < -0.39 is 11.8 Å². The predicted molar refractivity (Wildman–Crippen MR) is 118 cm³/mol. The van der Waals surface area contributed by atoms with Crippen molar-refractivity contribution in [2.24, 2.45) is 5.10 Å². The Morgan fingerprint density at radius 1 is 1.06 bits per heavy atom. The van der Waals surface area contributed by atoms with E-state index in [1.54, 1.807) is 25.3 Å². The van der Waals surface area contributed by atoms with Crippen molar-refractivity contribution < 1.29 is 23.8 Å². The number of ether oxygens (including phenoxy) is 3. The topological polar surface area (TPSA) is 98.2 Å². The minimum atomic E-state index is -0.837. The fraction of sp³-hybridized carbons (Fsp3) is 0.348. The van der Waals surface area contributed by atoms with Gasteiger partial charge in [0.05, 0.1) is 19.4 Å². The lowest BCUT2D eigenvalue weighted by molar-refractivity contribution is -0.139. The van der Waals surface area contributed by atoms with Gasteiger partial charge in [0, 0.05) is 13.2 Å². The Labute approximate surface area is 182 Å². The number of benzene rings is 2. The van der Waals surface area contributed by atoms with Crippen LogP contribution in [0.1, 0.15) is 31.4 Å². The maximum Gasteiger partial charge on any atom is 0.329 e. The van der Waals surface area contributed by atoms with Gasteiger partial charge in [0.2, 0.25) is 0 Å². The summed E-state index contributed by atoms with van der Waals surface area (Å²) in [6, 6.07) is 15.1. The van der Waals surface area contributed by atoms with Gasteiger partial charge >= 0.3 is 11.8 Å². The van der Waals surface area contributed by atoms with E-state index in [1.165, 1.54) is 6.21 Å². The molecule has 0 saturated heterocycles. The maximum absolute atomic E-state index is 11.8. The average Bonchev–Trinajstić information content (AvgIpc) is 2.78. The third-order valence-corrected chi connectivity index (χ3v) is 4.07. The molecule has 166 valence electrons. The zero-order chi connectivity index (χ0) is 22.5. The normalized spacial score (nSPS) is 10.8. The van der Waals surface area contributed by atoms with Crippen LogP contribution in [0.25, 0.3) is 0 Å². The number of hydrogen-bond acceptors (Lipinski definition) is 6. The summed E-state index contributed by atoms with van der Waals surface area (Å²) in [7, 11) is 1.55. The summed E-state index contributed by atoms with van der Waals surface area (Å²) in [4.78, 5) is 23.5. The molecule has 2 amide bonds. The van der Waals surface area contributed by atoms with Crippen molar-refractivity contribution in [1.29, 1.82) is 0 Å². The molecule has 0 heterocycles. The molecule has 2 N–H and O–H groups in total. The number of hydrogen-bond donors (Lipinski definition) is 2. The van der Waals surface area contributed by atoms with E-state index in [0.29, 0.717) is 43.2 Å². The summed E-state index contributed by atoms with van der Waals surface area (Å²) >= 11 is 0. The van der Waals surface area contributed by atoms with Gasteiger partial charge in [-0.25, -0.2) is 5.43 Å². The molecule has 0 aromatic heterocycles. The molecule has 2 rings (SSSR count). The Kier molecular flexibility index (Phi) is 10.0. The number of nitrogens with one attached hydrogen (secondary N) is 2. The maximum atomic E-state index is 11.8. The Hall–Kier alpha value is -3.39. The molecule has 0 unspecified atom stereocenters. The first-order valence-corrected chi connectivity index (χ1v) is 10.1. The Bertz CT molecular complexity index is 869. The quantitative estimate of drug-likeness (QED) is 0.249. The third-order valence-electron chi connectivity index (χ3n) is 4.07. The van der Waals surface area contributed by atoms with Gasteiger partial charge in [-0.2, -0.15) is 5.10 Å². The highest BCUT2D eigenvalue weighted by atomic mass is 16.5. The van der Waals surface area contributed by atoms with E-state index in [9.17, 15) is 9.59 Å². The van der Waals surface area contributed by atoms with Gasteiger partial charge in [0.25, 0.3) is 0 Å². The lowest BCUT2D eigenvalue weighted by atomic mass is 10.2. The fourth-order valence-electron chi connectivity index (χ4n) is 2.51. The van der Waals surface area contributed by atoms with Crippen LogP contribution in [-0.4, -0.2) is 44.4 Å². The standard InChI is InChI=1S/C23H29N3O5/c1-17(2)30-13-7-12-24-22(27)23(28)26-25-15-19-10-11-20(21(14-19)29-3)31-16-18-8-5-4-6-9-18/h4-6,8-11,14-15,17H,7,12-13,16H2,1-3H3,(H,24,27)(H,26,28)/b25-15-. The van der Waals surface area contributed by atoms with E-state index in [2.05, 4.69) is 15.8 Å². The highest BCUT2D eigenvalue weighted by molar-refractivity contribution is 6.35. The minimum absolute atomic E-state index is 0.136. The smallest absolute Gasteiger partial charge is 0.329 e. The molecule has 2 aromatic carbocycles. The zero-order valence-corrected chi connectivity index (χ0v) is 18.1. The van der Waals surface area contributed by atoms with Crippen LogP contribution in [0.2, 0.25) is 0 Å². The summed E-state index contributed by atoms with van der Waals surface area (Å²) in [5.74, 6) is -0.458. The van der Waals surface area contributed by atoms with Crippen molar-refractivity contribution in [3.63, 3.8) is 0 Å². The molecule has 0 aliphatic carbocycles. The molecule has 0 fully saturated rings. The molecule has 31 heavy (non-hydrogen) atoms. The summed E-state index contributed by atoms with van der Waals surface area (Å²) < 4.78 is 16.5. The van der Waals surface area contributed by atoms with E-state index in [-0.39, 0.29) is 6.10 Å². The third kappa shape index (κ3) is 8.88. The lowest BCUT2D eigenvalue weighted by Crippen LogP contribution is -2.38. The van der Waals surface area contributed by atoms with Crippen molar-refractivity contribution in [3.8, 4) is 11.5 Å². The largest absolute Gasteiger partial charge is 0.493 e. The summed E-state index contributed by atoms with van der Waals surface area (Å²) in [6.07, 6.45) is 2.18. The second-order valence-corrected chi connectivity index (χ2v) is 6.91. The Balaban J connectivity index is 1.80. The van der Waals surface area contributed by atoms with Crippen molar-refractivity contribution in [2.45, 2.75) is 33.0 Å². The average molecular weight is 428 g/mol. The number of amides is 2. The van der Waals surface area contributed by atoms with E-state index >= 15 is 0 Å². The van der Waals surface area contributed by atoms with E-state index in [0.717, 1.165) is 5.56 Å². The highest BCUT2D eigenvalue weighted by Gasteiger charge is 2.11. The first-order chi connectivity index (χ1) is 15.0. The molecule has 0 radical (unpaired) electrons. The molecular formula is C23H29N3O5. The van der Waals surface area contributed by atoms with Crippen LogP contribution in [0, 0.1) is 0 Å². The number of hydrazone groups is 1. The molecular weight excluding hydrogens is 398 g/mol. The molecule has 8 nitrogen and oxygen atoms in total. The van der Waals surface area contributed by atoms with Gasteiger partial charge in [0.1, 0.15) is 6.61 Å². The van der Waals surface area contributed by atoms with Crippen molar-refractivity contribution in [3.05, 3.63) is 59.7 Å². The van der Waals surface area contributed by atoms with Crippen molar-refractivity contribution in [1.82, 2.24) is 10.7 Å². The molecule has 0 spiro atoms. The highest BCUT2D eigenvalue weighted by Crippen LogP contribution is 2.28. The molecule has 0 aliphatic heterocycles. The van der Waals surface area contributed by atoms with Gasteiger partial charge in [-0.3, -0.25) is 9.59 Å². The van der Waals surface area contributed by atoms with Gasteiger partial charge in [-0.05, 0) is 49.6 Å². The lowest BCUT2D eigenvalue weighted by Gasteiger charge is -2.11. The second kappa shape index (κ2) is 13.0. The number of methoxy groups -OCH3 is 1. The molecule has 0 bridgehead atoms. The van der Waals surface area contributed by atoms with Crippen LogP contribution in [0.4, 0.5) is 0 Å². The van der Waals surface area contributed by atoms with Crippen LogP contribution in [-0.2, 0) is 20.9 Å². The Morgan fingerprint density at radius 3 is 2.55 bits per heavy atom. The van der Waals surface area contributed by atoms with Crippen molar-refractivity contribution >= 4 is 18.0 Å². The number of rotatable bonds is 11. The SMILES string of the molecule is COc1cc(/C=N\NC(=O)C(=O)NCCCOC(C)C)ccc1OCc1ccccc1. The fourth-order valence-corrected chi connectivity index (χ4v) is 2.51. The van der Waals surface area contributed by atoms with Crippen LogP contribution in [0.5, 0.6) is 11.5 Å². The summed E-state index contributed by atoms with van der Waals surface area (Å²) in [5, 5.41) is 6.34. The van der Waals surface area contributed by atoms with Gasteiger partial charge in [0.15, 0.2) is 11.5 Å². The first-order valence-electron chi connectivity index (χ1n) is 10.1. The summed E-state index contributed by atoms with van der Waals surface area (Å²) in [5.41, 5.74) is 3.93. The van der Waals surface area contributed by atoms with E-state index in [1.807, 2.05) is 44.2 Å². The molecule has 0 atom stereocenters.